The monoisotopic (exact) mass is 346 g/mol. The first kappa shape index (κ1) is 16.0. The number of pyridine rings is 1. The van der Waals surface area contributed by atoms with Crippen LogP contribution >= 0.6 is 23.2 Å². The van der Waals surface area contributed by atoms with E-state index in [0.29, 0.717) is 12.3 Å². The highest BCUT2D eigenvalue weighted by molar-refractivity contribution is 7.92. The Labute approximate surface area is 132 Å². The van der Waals surface area contributed by atoms with E-state index in [1.807, 2.05) is 6.07 Å². The molecule has 1 aromatic carbocycles. The summed E-state index contributed by atoms with van der Waals surface area (Å²) in [4.78, 5) is 3.67. The lowest BCUT2D eigenvalue weighted by molar-refractivity contribution is 0.185. The molecule has 0 fully saturated rings. The standard InChI is InChI=1S/C13H12Cl2N2O3S/c1-20-8-9-3-2-4-10(5-9)17-21(18,19)11-6-12(14)13(15)16-7-11/h2-7,17H,8H2,1H3. The highest BCUT2D eigenvalue weighted by atomic mass is 35.5. The van der Waals surface area contributed by atoms with Crippen LogP contribution in [0.5, 0.6) is 0 Å². The van der Waals surface area contributed by atoms with E-state index in [9.17, 15) is 8.42 Å². The molecule has 21 heavy (non-hydrogen) atoms. The summed E-state index contributed by atoms with van der Waals surface area (Å²) in [5.41, 5.74) is 1.28. The molecule has 5 nitrogen and oxygen atoms in total. The molecule has 0 saturated heterocycles. The van der Waals surface area contributed by atoms with Gasteiger partial charge in [0.15, 0.2) is 0 Å². The van der Waals surface area contributed by atoms with Crippen molar-refractivity contribution in [1.82, 2.24) is 4.98 Å². The summed E-state index contributed by atoms with van der Waals surface area (Å²) in [7, 11) is -2.21. The maximum Gasteiger partial charge on any atom is 0.263 e. The second-order valence-corrected chi connectivity index (χ2v) is 6.63. The zero-order valence-electron chi connectivity index (χ0n) is 11.0. The summed E-state index contributed by atoms with van der Waals surface area (Å²) in [5, 5.41) is 0.130. The van der Waals surface area contributed by atoms with Crippen LogP contribution in [0.25, 0.3) is 0 Å². The summed E-state index contributed by atoms with van der Waals surface area (Å²) < 4.78 is 32.0. The molecule has 8 heteroatoms. The third-order valence-electron chi connectivity index (χ3n) is 2.57. The van der Waals surface area contributed by atoms with Crippen LogP contribution in [0.15, 0.2) is 41.4 Å². The van der Waals surface area contributed by atoms with E-state index in [-0.39, 0.29) is 15.1 Å². The fourth-order valence-electron chi connectivity index (χ4n) is 1.66. The number of hydrogen-bond acceptors (Lipinski definition) is 4. The van der Waals surface area contributed by atoms with Gasteiger partial charge in [0, 0.05) is 19.0 Å². The van der Waals surface area contributed by atoms with Crippen molar-refractivity contribution in [3.05, 3.63) is 52.3 Å². The molecule has 0 saturated carbocycles. The van der Waals surface area contributed by atoms with Gasteiger partial charge < -0.3 is 4.74 Å². The number of aromatic nitrogens is 1. The smallest absolute Gasteiger partial charge is 0.263 e. The SMILES string of the molecule is COCc1cccc(NS(=O)(=O)c2cnc(Cl)c(Cl)c2)c1. The molecule has 0 aliphatic heterocycles. The lowest BCUT2D eigenvalue weighted by atomic mass is 10.2. The van der Waals surface area contributed by atoms with Crippen LogP contribution in [-0.2, 0) is 21.4 Å². The first-order valence-electron chi connectivity index (χ1n) is 5.84. The zero-order valence-corrected chi connectivity index (χ0v) is 13.3. The van der Waals surface area contributed by atoms with Crippen LogP contribution in [0, 0.1) is 0 Å². The minimum Gasteiger partial charge on any atom is -0.380 e. The van der Waals surface area contributed by atoms with Crippen LogP contribution in [-0.4, -0.2) is 20.5 Å². The van der Waals surface area contributed by atoms with E-state index in [1.54, 1.807) is 25.3 Å². The summed E-state index contributed by atoms with van der Waals surface area (Å²) in [6, 6.07) is 8.15. The Hall–Kier alpha value is -1.34. The van der Waals surface area contributed by atoms with E-state index in [0.717, 1.165) is 11.8 Å². The number of anilines is 1. The summed E-state index contributed by atoms with van der Waals surface area (Å²) in [6.45, 7) is 0.393. The molecule has 0 radical (unpaired) electrons. The van der Waals surface area contributed by atoms with Crippen molar-refractivity contribution in [3.63, 3.8) is 0 Å². The minimum absolute atomic E-state index is 0.0534. The minimum atomic E-state index is -3.78. The lowest BCUT2D eigenvalue weighted by Crippen LogP contribution is -2.13. The van der Waals surface area contributed by atoms with E-state index in [4.69, 9.17) is 27.9 Å². The van der Waals surface area contributed by atoms with Crippen molar-refractivity contribution < 1.29 is 13.2 Å². The summed E-state index contributed by atoms with van der Waals surface area (Å²) in [6.07, 6.45) is 1.15. The number of rotatable bonds is 5. The van der Waals surface area contributed by atoms with Crippen molar-refractivity contribution in [2.45, 2.75) is 11.5 Å². The molecule has 0 bridgehead atoms. The number of ether oxygens (including phenoxy) is 1. The van der Waals surface area contributed by atoms with Crippen molar-refractivity contribution >= 4 is 38.9 Å². The Kier molecular flexibility index (Phi) is 5.05. The molecular weight excluding hydrogens is 335 g/mol. The molecule has 0 amide bonds. The molecule has 2 aromatic rings. The molecule has 0 unspecified atom stereocenters. The van der Waals surface area contributed by atoms with E-state index in [2.05, 4.69) is 9.71 Å². The number of sulfonamides is 1. The van der Waals surface area contributed by atoms with Gasteiger partial charge in [0.1, 0.15) is 10.0 Å². The Morgan fingerprint density at radius 3 is 2.71 bits per heavy atom. The number of methoxy groups -OCH3 is 1. The molecule has 112 valence electrons. The van der Waals surface area contributed by atoms with Crippen molar-refractivity contribution in [3.8, 4) is 0 Å². The predicted molar refractivity (Wildman–Crippen MR) is 82.2 cm³/mol. The highest BCUT2D eigenvalue weighted by Crippen LogP contribution is 2.24. The van der Waals surface area contributed by atoms with Gasteiger partial charge in [-0.25, -0.2) is 13.4 Å². The topological polar surface area (TPSA) is 68.3 Å². The average molecular weight is 347 g/mol. The second kappa shape index (κ2) is 6.62. The largest absolute Gasteiger partial charge is 0.380 e. The molecule has 0 aliphatic carbocycles. The van der Waals surface area contributed by atoms with Gasteiger partial charge in [0.25, 0.3) is 10.0 Å². The molecule has 0 aliphatic rings. The average Bonchev–Trinajstić information content (AvgIpc) is 2.42. The van der Waals surface area contributed by atoms with E-state index < -0.39 is 10.0 Å². The fraction of sp³-hybridized carbons (Fsp3) is 0.154. The predicted octanol–water partition coefficient (Wildman–Crippen LogP) is 3.34. The van der Waals surface area contributed by atoms with Gasteiger partial charge >= 0.3 is 0 Å². The molecule has 1 N–H and O–H groups in total. The van der Waals surface area contributed by atoms with Gasteiger partial charge in [-0.15, -0.1) is 0 Å². The number of hydrogen-bond donors (Lipinski definition) is 1. The van der Waals surface area contributed by atoms with Gasteiger partial charge in [0.2, 0.25) is 0 Å². The third-order valence-corrected chi connectivity index (χ3v) is 4.61. The van der Waals surface area contributed by atoms with Gasteiger partial charge in [-0.2, -0.15) is 0 Å². The molecule has 1 heterocycles. The van der Waals surface area contributed by atoms with Gasteiger partial charge in [0.05, 0.1) is 11.6 Å². The molecule has 1 aromatic heterocycles. The molecular formula is C13H12Cl2N2O3S. The first-order valence-corrected chi connectivity index (χ1v) is 8.08. The Morgan fingerprint density at radius 2 is 2.05 bits per heavy atom. The van der Waals surface area contributed by atoms with Crippen LogP contribution in [0.4, 0.5) is 5.69 Å². The Bertz CT molecular complexity index is 751. The van der Waals surface area contributed by atoms with Gasteiger partial charge in [-0.3, -0.25) is 4.72 Å². The molecule has 0 spiro atoms. The number of nitrogens with one attached hydrogen (secondary N) is 1. The summed E-state index contributed by atoms with van der Waals surface area (Å²) >= 11 is 11.5. The zero-order chi connectivity index (χ0) is 15.5. The van der Waals surface area contributed by atoms with Gasteiger partial charge in [-0.1, -0.05) is 35.3 Å². The van der Waals surface area contributed by atoms with Crippen LogP contribution < -0.4 is 4.72 Å². The first-order chi connectivity index (χ1) is 9.92. The van der Waals surface area contributed by atoms with Gasteiger partial charge in [-0.05, 0) is 23.8 Å². The lowest BCUT2D eigenvalue weighted by Gasteiger charge is -2.09. The number of halogens is 2. The fourth-order valence-corrected chi connectivity index (χ4v) is 3.01. The van der Waals surface area contributed by atoms with E-state index >= 15 is 0 Å². The maximum atomic E-state index is 12.3. The third kappa shape index (κ3) is 4.07. The van der Waals surface area contributed by atoms with Crippen LogP contribution in [0.1, 0.15) is 5.56 Å². The summed E-state index contributed by atoms with van der Waals surface area (Å²) in [5.74, 6) is 0. The van der Waals surface area contributed by atoms with E-state index in [1.165, 1.54) is 6.07 Å². The normalized spacial score (nSPS) is 11.4. The Morgan fingerprint density at radius 1 is 1.29 bits per heavy atom. The van der Waals surface area contributed by atoms with Crippen LogP contribution in [0.3, 0.4) is 0 Å². The van der Waals surface area contributed by atoms with Crippen molar-refractivity contribution in [1.29, 1.82) is 0 Å². The van der Waals surface area contributed by atoms with Crippen LogP contribution in [0.2, 0.25) is 10.2 Å². The van der Waals surface area contributed by atoms with Crippen molar-refractivity contribution in [2.24, 2.45) is 0 Å². The number of benzene rings is 1. The molecule has 0 atom stereocenters. The Balaban J connectivity index is 2.28. The maximum absolute atomic E-state index is 12.3. The second-order valence-electron chi connectivity index (χ2n) is 4.18. The highest BCUT2D eigenvalue weighted by Gasteiger charge is 2.16. The van der Waals surface area contributed by atoms with Crippen molar-refractivity contribution in [2.75, 3.05) is 11.8 Å². The number of nitrogens with zero attached hydrogens (tertiary/aromatic N) is 1. The molecule has 2 rings (SSSR count). The quantitative estimate of drug-likeness (QED) is 0.843.